The van der Waals surface area contributed by atoms with E-state index in [9.17, 15) is 13.5 Å². The SMILES string of the molecule is CCNS(=O)(=O)c1ccccc1NCC1(O)CCCCC1. The topological polar surface area (TPSA) is 78.4 Å². The number of hydrogen-bond acceptors (Lipinski definition) is 4. The van der Waals surface area contributed by atoms with E-state index in [4.69, 9.17) is 0 Å². The highest BCUT2D eigenvalue weighted by atomic mass is 32.2. The van der Waals surface area contributed by atoms with E-state index in [1.165, 1.54) is 0 Å². The lowest BCUT2D eigenvalue weighted by Gasteiger charge is -2.32. The van der Waals surface area contributed by atoms with Gasteiger partial charge in [0, 0.05) is 13.1 Å². The molecule has 2 rings (SSSR count). The molecule has 1 fully saturated rings. The fourth-order valence-corrected chi connectivity index (χ4v) is 3.98. The van der Waals surface area contributed by atoms with Crippen LogP contribution in [0.25, 0.3) is 0 Å². The molecular weight excluding hydrogens is 288 g/mol. The molecule has 0 aromatic heterocycles. The van der Waals surface area contributed by atoms with Gasteiger partial charge in [-0.2, -0.15) is 0 Å². The second-order valence-electron chi connectivity index (χ2n) is 5.64. The predicted molar refractivity (Wildman–Crippen MR) is 83.8 cm³/mol. The van der Waals surface area contributed by atoms with E-state index in [1.54, 1.807) is 31.2 Å². The van der Waals surface area contributed by atoms with Gasteiger partial charge in [-0.15, -0.1) is 0 Å². The first-order valence-electron chi connectivity index (χ1n) is 7.52. The Kier molecular flexibility index (Phi) is 5.24. The molecular formula is C15H24N2O3S. The molecule has 0 amide bonds. The zero-order valence-corrected chi connectivity index (χ0v) is 13.2. The zero-order chi connectivity index (χ0) is 15.3. The summed E-state index contributed by atoms with van der Waals surface area (Å²) >= 11 is 0. The van der Waals surface area contributed by atoms with E-state index < -0.39 is 15.6 Å². The third-order valence-corrected chi connectivity index (χ3v) is 5.51. The first kappa shape index (κ1) is 16.3. The molecule has 5 nitrogen and oxygen atoms in total. The summed E-state index contributed by atoms with van der Waals surface area (Å²) in [6.45, 7) is 2.48. The molecule has 1 aliphatic carbocycles. The fourth-order valence-electron chi connectivity index (χ4n) is 2.76. The molecule has 1 saturated carbocycles. The second kappa shape index (κ2) is 6.77. The number of nitrogens with one attached hydrogen (secondary N) is 2. The van der Waals surface area contributed by atoms with E-state index in [1.807, 2.05) is 0 Å². The maximum absolute atomic E-state index is 12.2. The van der Waals surface area contributed by atoms with E-state index in [2.05, 4.69) is 10.0 Å². The van der Waals surface area contributed by atoms with Crippen LogP contribution in [0.5, 0.6) is 0 Å². The molecule has 0 saturated heterocycles. The summed E-state index contributed by atoms with van der Waals surface area (Å²) in [4.78, 5) is 0.228. The lowest BCUT2D eigenvalue weighted by molar-refractivity contribution is 0.0167. The van der Waals surface area contributed by atoms with Crippen molar-refractivity contribution in [2.24, 2.45) is 0 Å². The van der Waals surface area contributed by atoms with Gasteiger partial charge < -0.3 is 10.4 Å². The van der Waals surface area contributed by atoms with E-state index in [0.717, 1.165) is 32.1 Å². The minimum absolute atomic E-state index is 0.228. The van der Waals surface area contributed by atoms with Crippen molar-refractivity contribution in [3.63, 3.8) is 0 Å². The zero-order valence-electron chi connectivity index (χ0n) is 12.4. The molecule has 0 heterocycles. The quantitative estimate of drug-likeness (QED) is 0.751. The Morgan fingerprint density at radius 1 is 1.19 bits per heavy atom. The van der Waals surface area contributed by atoms with Crippen LogP contribution in [0.15, 0.2) is 29.2 Å². The maximum atomic E-state index is 12.2. The highest BCUT2D eigenvalue weighted by Gasteiger charge is 2.29. The van der Waals surface area contributed by atoms with Crippen LogP contribution in [0.2, 0.25) is 0 Å². The van der Waals surface area contributed by atoms with Gasteiger partial charge in [-0.3, -0.25) is 0 Å². The average molecular weight is 312 g/mol. The van der Waals surface area contributed by atoms with Crippen molar-refractivity contribution in [1.82, 2.24) is 4.72 Å². The predicted octanol–water partition coefficient (Wildman–Crippen LogP) is 2.09. The van der Waals surface area contributed by atoms with Crippen LogP contribution in [0, 0.1) is 0 Å². The average Bonchev–Trinajstić information content (AvgIpc) is 2.46. The number of hydrogen-bond donors (Lipinski definition) is 3. The lowest BCUT2D eigenvalue weighted by Crippen LogP contribution is -2.39. The normalized spacial score (nSPS) is 18.4. The van der Waals surface area contributed by atoms with Crippen LogP contribution in [0.1, 0.15) is 39.0 Å². The number of rotatable bonds is 6. The van der Waals surface area contributed by atoms with Crippen LogP contribution in [0.3, 0.4) is 0 Å². The monoisotopic (exact) mass is 312 g/mol. The Morgan fingerprint density at radius 3 is 2.52 bits per heavy atom. The fraction of sp³-hybridized carbons (Fsp3) is 0.600. The second-order valence-corrected chi connectivity index (χ2v) is 7.37. The molecule has 118 valence electrons. The number of anilines is 1. The van der Waals surface area contributed by atoms with Gasteiger partial charge >= 0.3 is 0 Å². The van der Waals surface area contributed by atoms with Gasteiger partial charge in [0.05, 0.1) is 11.3 Å². The summed E-state index contributed by atoms with van der Waals surface area (Å²) in [5.41, 5.74) is -0.190. The molecule has 0 radical (unpaired) electrons. The highest BCUT2D eigenvalue weighted by Crippen LogP contribution is 2.29. The summed E-state index contributed by atoms with van der Waals surface area (Å²) in [7, 11) is -3.51. The third-order valence-electron chi connectivity index (χ3n) is 3.90. The summed E-state index contributed by atoms with van der Waals surface area (Å²) < 4.78 is 26.8. The van der Waals surface area contributed by atoms with Gasteiger partial charge in [-0.1, -0.05) is 38.3 Å². The Labute approximate surface area is 126 Å². The number of aliphatic hydroxyl groups is 1. The Balaban J connectivity index is 2.13. The van der Waals surface area contributed by atoms with Gasteiger partial charge in [0.25, 0.3) is 0 Å². The molecule has 1 aromatic rings. The number of sulfonamides is 1. The summed E-state index contributed by atoms with van der Waals surface area (Å²) in [6.07, 6.45) is 4.74. The van der Waals surface area contributed by atoms with E-state index >= 15 is 0 Å². The summed E-state index contributed by atoms with van der Waals surface area (Å²) in [5, 5.41) is 13.6. The van der Waals surface area contributed by atoms with Gasteiger partial charge in [-0.05, 0) is 25.0 Å². The maximum Gasteiger partial charge on any atom is 0.242 e. The molecule has 21 heavy (non-hydrogen) atoms. The van der Waals surface area contributed by atoms with Crippen molar-refractivity contribution < 1.29 is 13.5 Å². The first-order valence-corrected chi connectivity index (χ1v) is 9.00. The molecule has 0 atom stereocenters. The molecule has 0 bridgehead atoms. The molecule has 3 N–H and O–H groups in total. The first-order chi connectivity index (χ1) is 9.97. The van der Waals surface area contributed by atoms with Gasteiger partial charge in [0.2, 0.25) is 10.0 Å². The molecule has 6 heteroatoms. The van der Waals surface area contributed by atoms with Gasteiger partial charge in [0.1, 0.15) is 4.90 Å². The van der Waals surface area contributed by atoms with E-state index in [0.29, 0.717) is 18.8 Å². The standard InChI is InChI=1S/C15H24N2O3S/c1-2-17-21(19,20)14-9-5-4-8-13(14)16-12-15(18)10-6-3-7-11-15/h4-5,8-9,16-18H,2-3,6-7,10-12H2,1H3. The van der Waals surface area contributed by atoms with Crippen molar-refractivity contribution in [2.75, 3.05) is 18.4 Å². The van der Waals surface area contributed by atoms with Crippen LogP contribution in [0.4, 0.5) is 5.69 Å². The lowest BCUT2D eigenvalue weighted by atomic mass is 9.85. The summed E-state index contributed by atoms with van der Waals surface area (Å²) in [5.74, 6) is 0. The molecule has 0 spiro atoms. The summed E-state index contributed by atoms with van der Waals surface area (Å²) in [6, 6.07) is 6.80. The van der Waals surface area contributed by atoms with Crippen molar-refractivity contribution in [2.45, 2.75) is 49.5 Å². The van der Waals surface area contributed by atoms with Crippen LogP contribution in [-0.2, 0) is 10.0 Å². The number of para-hydroxylation sites is 1. The molecule has 1 aromatic carbocycles. The Morgan fingerprint density at radius 2 is 1.86 bits per heavy atom. The molecule has 0 aliphatic heterocycles. The van der Waals surface area contributed by atoms with Crippen LogP contribution >= 0.6 is 0 Å². The van der Waals surface area contributed by atoms with Crippen LogP contribution < -0.4 is 10.0 Å². The Hall–Kier alpha value is -1.11. The minimum atomic E-state index is -3.51. The van der Waals surface area contributed by atoms with Gasteiger partial charge in [-0.25, -0.2) is 13.1 Å². The van der Waals surface area contributed by atoms with Crippen molar-refractivity contribution in [3.8, 4) is 0 Å². The van der Waals surface area contributed by atoms with E-state index in [-0.39, 0.29) is 4.90 Å². The Bertz CT molecular complexity index is 566. The van der Waals surface area contributed by atoms with Gasteiger partial charge in [0.15, 0.2) is 0 Å². The number of benzene rings is 1. The minimum Gasteiger partial charge on any atom is -0.388 e. The van der Waals surface area contributed by atoms with Crippen molar-refractivity contribution in [3.05, 3.63) is 24.3 Å². The van der Waals surface area contributed by atoms with Crippen molar-refractivity contribution in [1.29, 1.82) is 0 Å². The smallest absolute Gasteiger partial charge is 0.242 e. The van der Waals surface area contributed by atoms with Crippen molar-refractivity contribution >= 4 is 15.7 Å². The molecule has 1 aliphatic rings. The highest BCUT2D eigenvalue weighted by molar-refractivity contribution is 7.89. The largest absolute Gasteiger partial charge is 0.388 e. The third kappa shape index (κ3) is 4.18. The van der Waals surface area contributed by atoms with Crippen LogP contribution in [-0.4, -0.2) is 32.2 Å². The molecule has 0 unspecified atom stereocenters.